The Balaban J connectivity index is 1.22. The predicted octanol–water partition coefficient (Wildman–Crippen LogP) is 2.43. The van der Waals surface area contributed by atoms with Crippen LogP contribution in [-0.4, -0.2) is 101 Å². The number of nitrogens with one attached hydrogen (secondary N) is 3. The Bertz CT molecular complexity index is 1340. The average molecular weight is 597 g/mol. The zero-order valence-electron chi connectivity index (χ0n) is 23.5. The number of carbonyl (C=O) groups excluding carboxylic acids is 2. The van der Waals surface area contributed by atoms with E-state index in [1.54, 1.807) is 4.90 Å². The van der Waals surface area contributed by atoms with Gasteiger partial charge in [-0.1, -0.05) is 0 Å². The number of amides is 2. The van der Waals surface area contributed by atoms with Crippen LogP contribution in [-0.2, 0) is 19.1 Å². The van der Waals surface area contributed by atoms with Crippen molar-refractivity contribution in [2.24, 2.45) is 5.92 Å². The van der Waals surface area contributed by atoms with Gasteiger partial charge in [-0.15, -0.1) is 0 Å². The number of anilines is 4. The van der Waals surface area contributed by atoms with E-state index in [4.69, 9.17) is 24.5 Å². The molecule has 224 valence electrons. The lowest BCUT2D eigenvalue weighted by molar-refractivity contribution is -0.137. The smallest absolute Gasteiger partial charge is 0.248 e. The lowest BCUT2D eigenvalue weighted by Gasteiger charge is -2.35. The summed E-state index contributed by atoms with van der Waals surface area (Å²) < 4.78 is 10.6. The maximum absolute atomic E-state index is 12.6. The molecule has 3 heterocycles. The number of aromatic nitrogens is 4. The molecule has 5 rings (SSSR count). The number of H-pyrrole nitrogens is 1. The van der Waals surface area contributed by atoms with Gasteiger partial charge in [0, 0.05) is 60.5 Å². The van der Waals surface area contributed by atoms with Crippen molar-refractivity contribution in [3.05, 3.63) is 42.1 Å². The fraction of sp³-hybridized carbons (Fsp3) is 0.464. The average Bonchev–Trinajstić information content (AvgIpc) is 3.77. The first-order valence-corrected chi connectivity index (χ1v) is 14.8. The number of aliphatic hydroxyl groups is 1. The second-order valence-electron chi connectivity index (χ2n) is 10.1. The molecule has 1 aromatic carbocycles. The van der Waals surface area contributed by atoms with E-state index in [9.17, 15) is 9.59 Å². The van der Waals surface area contributed by atoms with Crippen LogP contribution in [0.2, 0.25) is 0 Å². The minimum absolute atomic E-state index is 0.00299. The molecule has 14 heteroatoms. The van der Waals surface area contributed by atoms with Crippen LogP contribution in [0.3, 0.4) is 0 Å². The predicted molar refractivity (Wildman–Crippen MR) is 158 cm³/mol. The van der Waals surface area contributed by atoms with Crippen molar-refractivity contribution in [2.75, 3.05) is 74.7 Å². The molecule has 2 fully saturated rings. The Morgan fingerprint density at radius 2 is 1.79 bits per heavy atom. The van der Waals surface area contributed by atoms with E-state index in [1.165, 1.54) is 11.8 Å². The minimum Gasteiger partial charge on any atom is -0.394 e. The molecule has 2 amide bonds. The molecule has 0 spiro atoms. The monoisotopic (exact) mass is 596 g/mol. The van der Waals surface area contributed by atoms with Crippen molar-refractivity contribution >= 4 is 46.7 Å². The molecule has 0 atom stereocenters. The summed E-state index contributed by atoms with van der Waals surface area (Å²) >= 11 is 1.43. The van der Waals surface area contributed by atoms with Crippen LogP contribution >= 0.6 is 11.8 Å². The van der Waals surface area contributed by atoms with Crippen LogP contribution in [0.5, 0.6) is 0 Å². The molecule has 1 aliphatic heterocycles. The van der Waals surface area contributed by atoms with E-state index < -0.39 is 0 Å². The summed E-state index contributed by atoms with van der Waals surface area (Å²) in [7, 11) is 0. The minimum atomic E-state index is -0.0660. The molecule has 1 saturated heterocycles. The fourth-order valence-electron chi connectivity index (χ4n) is 4.32. The number of rotatable bonds is 14. The molecule has 0 bridgehead atoms. The lowest BCUT2D eigenvalue weighted by atomic mass is 10.3. The quantitative estimate of drug-likeness (QED) is 0.160. The van der Waals surface area contributed by atoms with Gasteiger partial charge < -0.3 is 35.0 Å². The van der Waals surface area contributed by atoms with Crippen LogP contribution in [0.4, 0.5) is 23.1 Å². The SMILES string of the molecule is Cc1cc(Nc2cc(N3CCN(C(=O)COCCOCCO)CC3)nc(Sc3ccc(NC(=O)C4CC4)cc3)n2)n[nH]1. The molecule has 4 N–H and O–H groups in total. The molecule has 1 aliphatic carbocycles. The van der Waals surface area contributed by atoms with Crippen LogP contribution in [0.1, 0.15) is 18.5 Å². The third-order valence-electron chi connectivity index (χ3n) is 6.72. The molecule has 2 aliphatic rings. The Hall–Kier alpha value is -3.72. The van der Waals surface area contributed by atoms with E-state index in [-0.39, 0.29) is 37.6 Å². The third-order valence-corrected chi connectivity index (χ3v) is 7.60. The summed E-state index contributed by atoms with van der Waals surface area (Å²) in [6.45, 7) is 5.11. The first-order valence-electron chi connectivity index (χ1n) is 14.0. The van der Waals surface area contributed by atoms with Gasteiger partial charge >= 0.3 is 0 Å². The van der Waals surface area contributed by atoms with E-state index in [1.807, 2.05) is 43.3 Å². The summed E-state index contributed by atoms with van der Waals surface area (Å²) in [5.41, 5.74) is 1.70. The molecule has 2 aromatic heterocycles. The van der Waals surface area contributed by atoms with Crippen molar-refractivity contribution in [3.63, 3.8) is 0 Å². The Labute approximate surface area is 248 Å². The van der Waals surface area contributed by atoms with Crippen molar-refractivity contribution in [2.45, 2.75) is 29.8 Å². The molecule has 0 unspecified atom stereocenters. The second-order valence-corrected chi connectivity index (χ2v) is 11.1. The van der Waals surface area contributed by atoms with Gasteiger partial charge in [-0.05, 0) is 55.8 Å². The van der Waals surface area contributed by atoms with Crippen LogP contribution < -0.4 is 15.5 Å². The van der Waals surface area contributed by atoms with Gasteiger partial charge in [0.1, 0.15) is 18.2 Å². The number of ether oxygens (including phenoxy) is 2. The fourth-order valence-corrected chi connectivity index (χ4v) is 5.09. The number of hydrogen-bond acceptors (Lipinski definition) is 11. The number of hydrogen-bond donors (Lipinski definition) is 4. The van der Waals surface area contributed by atoms with Gasteiger partial charge in [0.05, 0.1) is 26.4 Å². The largest absolute Gasteiger partial charge is 0.394 e. The summed E-state index contributed by atoms with van der Waals surface area (Å²) in [5, 5.41) is 22.7. The Morgan fingerprint density at radius 3 is 2.48 bits per heavy atom. The number of aromatic amines is 1. The Kier molecular flexibility index (Phi) is 10.2. The number of carbonyl (C=O) groups is 2. The number of benzene rings is 1. The van der Waals surface area contributed by atoms with Gasteiger partial charge in [0.25, 0.3) is 0 Å². The van der Waals surface area contributed by atoms with Crippen molar-refractivity contribution in [1.29, 1.82) is 0 Å². The summed E-state index contributed by atoms with van der Waals surface area (Å²) in [5.74, 6) is 2.17. The highest BCUT2D eigenvalue weighted by molar-refractivity contribution is 7.99. The van der Waals surface area contributed by atoms with E-state index >= 15 is 0 Å². The first kappa shape index (κ1) is 29.8. The highest BCUT2D eigenvalue weighted by Gasteiger charge is 2.29. The number of aliphatic hydroxyl groups excluding tert-OH is 1. The molecule has 3 aromatic rings. The Morgan fingerprint density at radius 1 is 1.02 bits per heavy atom. The van der Waals surface area contributed by atoms with Crippen molar-refractivity contribution < 1.29 is 24.2 Å². The summed E-state index contributed by atoms with van der Waals surface area (Å²) in [6.07, 6.45) is 1.92. The second kappa shape index (κ2) is 14.4. The van der Waals surface area contributed by atoms with Gasteiger partial charge in [-0.2, -0.15) is 5.10 Å². The highest BCUT2D eigenvalue weighted by Crippen LogP contribution is 2.32. The molecule has 0 radical (unpaired) electrons. The van der Waals surface area contributed by atoms with Crippen molar-refractivity contribution in [1.82, 2.24) is 25.1 Å². The van der Waals surface area contributed by atoms with E-state index in [2.05, 4.69) is 25.7 Å². The van der Waals surface area contributed by atoms with Gasteiger partial charge in [-0.25, -0.2) is 9.97 Å². The van der Waals surface area contributed by atoms with Crippen LogP contribution in [0.25, 0.3) is 0 Å². The van der Waals surface area contributed by atoms with Crippen LogP contribution in [0.15, 0.2) is 46.5 Å². The van der Waals surface area contributed by atoms with Crippen molar-refractivity contribution in [3.8, 4) is 0 Å². The standard InChI is InChI=1S/C28H36N8O5S/c1-19-16-24(34-33-19)30-23-17-25(35-8-10-36(11-9-35)26(38)18-41-15-14-40-13-12-37)32-28(31-23)42-22-6-4-21(5-7-22)29-27(39)20-2-3-20/h4-7,16-17,20,37H,2-3,8-15,18H2,1H3,(H,29,39)(H2,30,31,32,33,34). The highest BCUT2D eigenvalue weighted by atomic mass is 32.2. The molecule has 1 saturated carbocycles. The lowest BCUT2D eigenvalue weighted by Crippen LogP contribution is -2.50. The molecule has 13 nitrogen and oxygen atoms in total. The maximum atomic E-state index is 12.6. The summed E-state index contributed by atoms with van der Waals surface area (Å²) in [4.78, 5) is 39.1. The van der Waals surface area contributed by atoms with Gasteiger partial charge in [0.15, 0.2) is 11.0 Å². The molecular formula is C28H36N8O5S. The molecular weight excluding hydrogens is 560 g/mol. The van der Waals surface area contributed by atoms with Crippen LogP contribution in [0, 0.1) is 12.8 Å². The zero-order valence-corrected chi connectivity index (χ0v) is 24.4. The zero-order chi connectivity index (χ0) is 29.3. The normalized spacial score (nSPS) is 15.1. The number of nitrogens with zero attached hydrogens (tertiary/aromatic N) is 5. The number of aryl methyl sites for hydroxylation is 1. The molecule has 42 heavy (non-hydrogen) atoms. The first-order chi connectivity index (χ1) is 20.5. The third kappa shape index (κ3) is 8.64. The topological polar surface area (TPSA) is 158 Å². The number of piperazine rings is 1. The maximum Gasteiger partial charge on any atom is 0.248 e. The van der Waals surface area contributed by atoms with Gasteiger partial charge in [0.2, 0.25) is 11.8 Å². The van der Waals surface area contributed by atoms with Gasteiger partial charge in [-0.3, -0.25) is 14.7 Å². The van der Waals surface area contributed by atoms with E-state index in [0.717, 1.165) is 34.9 Å². The van der Waals surface area contributed by atoms with E-state index in [0.29, 0.717) is 56.2 Å². The summed E-state index contributed by atoms with van der Waals surface area (Å²) in [6, 6.07) is 11.4.